The second kappa shape index (κ2) is 5.15. The normalized spacial score (nSPS) is 30.4. The zero-order chi connectivity index (χ0) is 12.3. The fourth-order valence-electron chi connectivity index (χ4n) is 2.76. The highest BCUT2D eigenvalue weighted by molar-refractivity contribution is 5.14. The van der Waals surface area contributed by atoms with Gasteiger partial charge < -0.3 is 10.4 Å². The molecule has 1 aromatic rings. The summed E-state index contributed by atoms with van der Waals surface area (Å²) in [6.07, 6.45) is 7.13. The van der Waals surface area contributed by atoms with Crippen LogP contribution in [0.3, 0.4) is 0 Å². The number of nitrogens with one attached hydrogen (secondary N) is 1. The molecule has 0 amide bonds. The molecule has 0 aliphatic heterocycles. The Hall–Kier alpha value is -0.930. The fourth-order valence-corrected chi connectivity index (χ4v) is 2.76. The second-order valence-electron chi connectivity index (χ2n) is 5.43. The molecule has 3 unspecified atom stereocenters. The third-order valence-corrected chi connectivity index (χ3v) is 4.10. The Balaban J connectivity index is 2.02. The molecular weight excluding hydrogens is 212 g/mol. The van der Waals surface area contributed by atoms with Gasteiger partial charge in [-0.2, -0.15) is 0 Å². The molecule has 94 valence electrons. The van der Waals surface area contributed by atoms with Gasteiger partial charge in [0, 0.05) is 36.5 Å². The van der Waals surface area contributed by atoms with Crippen molar-refractivity contribution in [2.75, 3.05) is 6.61 Å². The first-order valence-electron chi connectivity index (χ1n) is 6.42. The average molecular weight is 234 g/mol. The molecule has 1 aliphatic rings. The number of rotatable bonds is 4. The van der Waals surface area contributed by atoms with Gasteiger partial charge in [0.2, 0.25) is 0 Å². The van der Waals surface area contributed by atoms with E-state index >= 15 is 0 Å². The molecule has 3 atom stereocenters. The van der Waals surface area contributed by atoms with Crippen LogP contribution in [0.4, 0.5) is 0 Å². The zero-order valence-electron chi connectivity index (χ0n) is 10.7. The maximum absolute atomic E-state index is 9.53. The Morgan fingerprint density at radius 3 is 2.88 bits per heavy atom. The van der Waals surface area contributed by atoms with E-state index < -0.39 is 0 Å². The molecule has 2 N–H and O–H groups in total. The van der Waals surface area contributed by atoms with Crippen LogP contribution in [0, 0.1) is 5.41 Å². The van der Waals surface area contributed by atoms with Crippen molar-refractivity contribution in [3.05, 3.63) is 30.1 Å². The maximum atomic E-state index is 9.53. The largest absolute Gasteiger partial charge is 0.396 e. The lowest BCUT2D eigenvalue weighted by Gasteiger charge is -2.32. The van der Waals surface area contributed by atoms with Crippen LogP contribution < -0.4 is 5.32 Å². The lowest BCUT2D eigenvalue weighted by atomic mass is 9.85. The van der Waals surface area contributed by atoms with Crippen LogP contribution in [0.15, 0.2) is 24.5 Å². The van der Waals surface area contributed by atoms with E-state index in [9.17, 15) is 5.11 Å². The minimum Gasteiger partial charge on any atom is -0.396 e. The molecule has 3 heteroatoms. The summed E-state index contributed by atoms with van der Waals surface area (Å²) in [4.78, 5) is 4.04. The molecule has 2 rings (SSSR count). The summed E-state index contributed by atoms with van der Waals surface area (Å²) < 4.78 is 0. The van der Waals surface area contributed by atoms with Gasteiger partial charge >= 0.3 is 0 Å². The molecule has 1 heterocycles. The van der Waals surface area contributed by atoms with Crippen LogP contribution >= 0.6 is 0 Å². The number of aromatic nitrogens is 1. The van der Waals surface area contributed by atoms with Crippen molar-refractivity contribution in [1.29, 1.82) is 0 Å². The van der Waals surface area contributed by atoms with Crippen LogP contribution in [0.1, 0.15) is 44.7 Å². The molecule has 0 spiro atoms. The van der Waals surface area contributed by atoms with Crippen molar-refractivity contribution in [1.82, 2.24) is 10.3 Å². The van der Waals surface area contributed by atoms with Crippen LogP contribution in [0.5, 0.6) is 0 Å². The quantitative estimate of drug-likeness (QED) is 0.840. The van der Waals surface area contributed by atoms with E-state index in [1.54, 1.807) is 0 Å². The lowest BCUT2D eigenvalue weighted by Crippen LogP contribution is -2.42. The van der Waals surface area contributed by atoms with Gasteiger partial charge in [0.1, 0.15) is 0 Å². The van der Waals surface area contributed by atoms with E-state index in [4.69, 9.17) is 0 Å². The van der Waals surface area contributed by atoms with Crippen molar-refractivity contribution in [3.63, 3.8) is 0 Å². The molecule has 3 nitrogen and oxygen atoms in total. The predicted molar refractivity (Wildman–Crippen MR) is 68.6 cm³/mol. The monoisotopic (exact) mass is 234 g/mol. The van der Waals surface area contributed by atoms with Crippen molar-refractivity contribution >= 4 is 0 Å². The molecule has 1 saturated carbocycles. The third-order valence-electron chi connectivity index (χ3n) is 4.10. The summed E-state index contributed by atoms with van der Waals surface area (Å²) >= 11 is 0. The summed E-state index contributed by atoms with van der Waals surface area (Å²) in [6.45, 7) is 4.62. The van der Waals surface area contributed by atoms with E-state index in [-0.39, 0.29) is 12.0 Å². The molecule has 0 aromatic carbocycles. The van der Waals surface area contributed by atoms with Gasteiger partial charge in [-0.3, -0.25) is 4.98 Å². The van der Waals surface area contributed by atoms with E-state index in [0.29, 0.717) is 12.1 Å². The lowest BCUT2D eigenvalue weighted by molar-refractivity contribution is 0.114. The summed E-state index contributed by atoms with van der Waals surface area (Å²) in [5.74, 6) is 0. The summed E-state index contributed by atoms with van der Waals surface area (Å²) in [6, 6.07) is 4.81. The average Bonchev–Trinajstić information content (AvgIpc) is 2.73. The van der Waals surface area contributed by atoms with Crippen LogP contribution in [0.2, 0.25) is 0 Å². The van der Waals surface area contributed by atoms with Gasteiger partial charge in [-0.05, 0) is 37.5 Å². The first-order valence-corrected chi connectivity index (χ1v) is 6.42. The standard InChI is InChI=1S/C14H22N2O/c1-11(12-5-8-15-9-6-12)16-13-4-3-7-14(13,2)10-17/h5-6,8-9,11,13,16-17H,3-4,7,10H2,1-2H3. The highest BCUT2D eigenvalue weighted by atomic mass is 16.3. The topological polar surface area (TPSA) is 45.1 Å². The van der Waals surface area contributed by atoms with E-state index in [2.05, 4.69) is 24.1 Å². The first kappa shape index (κ1) is 12.5. The van der Waals surface area contributed by atoms with Gasteiger partial charge in [-0.25, -0.2) is 0 Å². The zero-order valence-corrected chi connectivity index (χ0v) is 10.7. The Kier molecular flexibility index (Phi) is 3.79. The number of nitrogens with zero attached hydrogens (tertiary/aromatic N) is 1. The van der Waals surface area contributed by atoms with Gasteiger partial charge in [-0.1, -0.05) is 13.3 Å². The van der Waals surface area contributed by atoms with Crippen LogP contribution in [0.25, 0.3) is 0 Å². The molecule has 1 fully saturated rings. The van der Waals surface area contributed by atoms with Crippen LogP contribution in [-0.4, -0.2) is 22.7 Å². The summed E-state index contributed by atoms with van der Waals surface area (Å²) in [5.41, 5.74) is 1.30. The first-order chi connectivity index (χ1) is 8.15. The Morgan fingerprint density at radius 2 is 2.24 bits per heavy atom. The van der Waals surface area contributed by atoms with Crippen molar-refractivity contribution in [2.24, 2.45) is 5.41 Å². The molecule has 1 aliphatic carbocycles. The van der Waals surface area contributed by atoms with Gasteiger partial charge in [0.05, 0.1) is 0 Å². The number of hydrogen-bond acceptors (Lipinski definition) is 3. The Morgan fingerprint density at radius 1 is 1.53 bits per heavy atom. The number of hydrogen-bond donors (Lipinski definition) is 2. The second-order valence-corrected chi connectivity index (χ2v) is 5.43. The SMILES string of the molecule is CC(NC1CCCC1(C)CO)c1ccncc1. The van der Waals surface area contributed by atoms with Crippen LogP contribution in [-0.2, 0) is 0 Å². The number of aliphatic hydroxyl groups is 1. The molecule has 0 bridgehead atoms. The molecule has 0 radical (unpaired) electrons. The number of pyridine rings is 1. The van der Waals surface area contributed by atoms with Gasteiger partial charge in [0.15, 0.2) is 0 Å². The maximum Gasteiger partial charge on any atom is 0.0499 e. The molecule has 17 heavy (non-hydrogen) atoms. The minimum absolute atomic E-state index is 0.0429. The highest BCUT2D eigenvalue weighted by Gasteiger charge is 2.38. The van der Waals surface area contributed by atoms with Crippen molar-refractivity contribution < 1.29 is 5.11 Å². The molecule has 1 aromatic heterocycles. The van der Waals surface area contributed by atoms with E-state index in [1.807, 2.05) is 24.5 Å². The summed E-state index contributed by atoms with van der Waals surface area (Å²) in [5, 5.41) is 13.2. The molecular formula is C14H22N2O. The Labute approximate surface area is 103 Å². The van der Waals surface area contributed by atoms with Gasteiger partial charge in [0.25, 0.3) is 0 Å². The Bertz CT molecular complexity index is 354. The summed E-state index contributed by atoms with van der Waals surface area (Å²) in [7, 11) is 0. The minimum atomic E-state index is 0.0429. The van der Waals surface area contributed by atoms with Crippen molar-refractivity contribution in [2.45, 2.75) is 45.2 Å². The smallest absolute Gasteiger partial charge is 0.0499 e. The number of aliphatic hydroxyl groups excluding tert-OH is 1. The van der Waals surface area contributed by atoms with Gasteiger partial charge in [-0.15, -0.1) is 0 Å². The fraction of sp³-hybridized carbons (Fsp3) is 0.643. The third kappa shape index (κ3) is 2.67. The van der Waals surface area contributed by atoms with E-state index in [0.717, 1.165) is 12.8 Å². The molecule has 0 saturated heterocycles. The van der Waals surface area contributed by atoms with E-state index in [1.165, 1.54) is 12.0 Å². The van der Waals surface area contributed by atoms with Crippen molar-refractivity contribution in [3.8, 4) is 0 Å². The predicted octanol–water partition coefficient (Wildman–Crippen LogP) is 2.28. The highest BCUT2D eigenvalue weighted by Crippen LogP contribution is 2.38.